The van der Waals surface area contributed by atoms with Crippen molar-refractivity contribution < 1.29 is 0 Å². The molecule has 2 rings (SSSR count). The smallest absolute Gasteiger partial charge is 0.0367 e. The van der Waals surface area contributed by atoms with Gasteiger partial charge in [0.1, 0.15) is 0 Å². The molecule has 0 saturated heterocycles. The van der Waals surface area contributed by atoms with E-state index >= 15 is 0 Å². The Balaban J connectivity index is 2.30. The summed E-state index contributed by atoms with van der Waals surface area (Å²) in [6.07, 6.45) is 6.23. The van der Waals surface area contributed by atoms with E-state index in [1.54, 1.807) is 0 Å². The standard InChI is InChI=1S/C11H16N2/c1-8-3-6-13-7-9(8)10(12)11(2)4-5-11/h3,6-7,10H,4-5,12H2,1-2H3. The zero-order chi connectivity index (χ0) is 9.47. The Hall–Kier alpha value is -0.890. The fourth-order valence-electron chi connectivity index (χ4n) is 1.69. The molecule has 13 heavy (non-hydrogen) atoms. The fraction of sp³-hybridized carbons (Fsp3) is 0.545. The van der Waals surface area contributed by atoms with Crippen molar-refractivity contribution in [1.82, 2.24) is 4.98 Å². The number of aryl methyl sites for hydroxylation is 1. The van der Waals surface area contributed by atoms with Gasteiger partial charge in [0.25, 0.3) is 0 Å². The lowest BCUT2D eigenvalue weighted by atomic mass is 9.91. The van der Waals surface area contributed by atoms with Gasteiger partial charge in [0, 0.05) is 18.4 Å². The van der Waals surface area contributed by atoms with Crippen molar-refractivity contribution in [3.63, 3.8) is 0 Å². The lowest BCUT2D eigenvalue weighted by molar-refractivity contribution is 0.448. The Bertz CT molecular complexity index is 316. The number of pyridine rings is 1. The van der Waals surface area contributed by atoms with Gasteiger partial charge >= 0.3 is 0 Å². The van der Waals surface area contributed by atoms with Crippen molar-refractivity contribution in [2.45, 2.75) is 32.7 Å². The molecular formula is C11H16N2. The minimum absolute atomic E-state index is 0.168. The van der Waals surface area contributed by atoms with E-state index in [0.29, 0.717) is 5.41 Å². The normalized spacial score (nSPS) is 21.2. The number of hydrogen-bond donors (Lipinski definition) is 1. The van der Waals surface area contributed by atoms with E-state index in [1.807, 2.05) is 18.5 Å². The molecule has 0 aromatic carbocycles. The van der Waals surface area contributed by atoms with Gasteiger partial charge in [-0.1, -0.05) is 6.92 Å². The van der Waals surface area contributed by atoms with Crippen molar-refractivity contribution >= 4 is 0 Å². The van der Waals surface area contributed by atoms with Crippen molar-refractivity contribution in [2.75, 3.05) is 0 Å². The summed E-state index contributed by atoms with van der Waals surface area (Å²) >= 11 is 0. The molecule has 0 amide bonds. The van der Waals surface area contributed by atoms with Gasteiger partial charge in [0.2, 0.25) is 0 Å². The summed E-state index contributed by atoms with van der Waals surface area (Å²) in [5.74, 6) is 0. The predicted octanol–water partition coefficient (Wildman–Crippen LogP) is 2.19. The summed E-state index contributed by atoms with van der Waals surface area (Å²) in [6.45, 7) is 4.35. The summed E-state index contributed by atoms with van der Waals surface area (Å²) in [7, 11) is 0. The summed E-state index contributed by atoms with van der Waals surface area (Å²) in [5.41, 5.74) is 9.01. The maximum atomic E-state index is 6.20. The van der Waals surface area contributed by atoms with E-state index in [-0.39, 0.29) is 6.04 Å². The SMILES string of the molecule is Cc1ccncc1C(N)C1(C)CC1. The van der Waals surface area contributed by atoms with E-state index in [1.165, 1.54) is 24.0 Å². The average Bonchev–Trinajstić information content (AvgIpc) is 2.85. The number of hydrogen-bond acceptors (Lipinski definition) is 2. The van der Waals surface area contributed by atoms with Crippen LogP contribution >= 0.6 is 0 Å². The first-order chi connectivity index (χ1) is 6.13. The third-order valence-electron chi connectivity index (χ3n) is 3.20. The summed E-state index contributed by atoms with van der Waals surface area (Å²) in [4.78, 5) is 4.13. The Morgan fingerprint density at radius 1 is 1.54 bits per heavy atom. The lowest BCUT2D eigenvalue weighted by Gasteiger charge is -2.20. The first kappa shape index (κ1) is 8.70. The van der Waals surface area contributed by atoms with Gasteiger partial charge in [-0.15, -0.1) is 0 Å². The third-order valence-corrected chi connectivity index (χ3v) is 3.20. The number of rotatable bonds is 2. The first-order valence-corrected chi connectivity index (χ1v) is 4.79. The molecule has 1 heterocycles. The molecule has 0 spiro atoms. The van der Waals surface area contributed by atoms with Crippen LogP contribution in [0.25, 0.3) is 0 Å². The molecule has 0 radical (unpaired) electrons. The molecule has 1 aromatic heterocycles. The van der Waals surface area contributed by atoms with Crippen molar-refractivity contribution in [2.24, 2.45) is 11.1 Å². The first-order valence-electron chi connectivity index (χ1n) is 4.79. The molecule has 1 saturated carbocycles. The lowest BCUT2D eigenvalue weighted by Crippen LogP contribution is -2.21. The van der Waals surface area contributed by atoms with Crippen LogP contribution in [0.1, 0.15) is 36.9 Å². The van der Waals surface area contributed by atoms with Crippen molar-refractivity contribution in [3.05, 3.63) is 29.6 Å². The molecule has 1 atom stereocenters. The Labute approximate surface area is 79.2 Å². The second kappa shape index (κ2) is 2.81. The number of aromatic nitrogens is 1. The van der Waals surface area contributed by atoms with Gasteiger partial charge in [0.05, 0.1) is 0 Å². The molecule has 1 aliphatic rings. The topological polar surface area (TPSA) is 38.9 Å². The number of nitrogens with zero attached hydrogens (tertiary/aromatic N) is 1. The Morgan fingerprint density at radius 3 is 2.77 bits per heavy atom. The predicted molar refractivity (Wildman–Crippen MR) is 53.2 cm³/mol. The molecule has 1 aliphatic carbocycles. The van der Waals surface area contributed by atoms with Crippen molar-refractivity contribution in [1.29, 1.82) is 0 Å². The third kappa shape index (κ3) is 1.46. The monoisotopic (exact) mass is 176 g/mol. The quantitative estimate of drug-likeness (QED) is 0.750. The highest BCUT2D eigenvalue weighted by Gasteiger charge is 2.44. The Kier molecular flexibility index (Phi) is 1.88. The van der Waals surface area contributed by atoms with Crippen LogP contribution in [0.15, 0.2) is 18.5 Å². The van der Waals surface area contributed by atoms with Crippen LogP contribution in [-0.4, -0.2) is 4.98 Å². The van der Waals surface area contributed by atoms with Gasteiger partial charge in [0.15, 0.2) is 0 Å². The maximum absolute atomic E-state index is 6.20. The van der Waals surface area contributed by atoms with Gasteiger partial charge in [-0.25, -0.2) is 0 Å². The molecule has 70 valence electrons. The molecule has 0 bridgehead atoms. The zero-order valence-corrected chi connectivity index (χ0v) is 8.25. The summed E-state index contributed by atoms with van der Waals surface area (Å²) in [5, 5.41) is 0. The molecule has 2 heteroatoms. The fourth-order valence-corrected chi connectivity index (χ4v) is 1.69. The molecule has 2 nitrogen and oxygen atoms in total. The zero-order valence-electron chi connectivity index (χ0n) is 8.25. The van der Waals surface area contributed by atoms with Gasteiger partial charge in [-0.05, 0) is 42.4 Å². The minimum Gasteiger partial charge on any atom is -0.323 e. The van der Waals surface area contributed by atoms with E-state index in [9.17, 15) is 0 Å². The average molecular weight is 176 g/mol. The molecule has 1 fully saturated rings. The van der Waals surface area contributed by atoms with Crippen LogP contribution in [0.4, 0.5) is 0 Å². The summed E-state index contributed by atoms with van der Waals surface area (Å²) < 4.78 is 0. The van der Waals surface area contributed by atoms with Crippen LogP contribution in [0, 0.1) is 12.3 Å². The van der Waals surface area contributed by atoms with E-state index in [2.05, 4.69) is 18.8 Å². The largest absolute Gasteiger partial charge is 0.323 e. The number of nitrogens with two attached hydrogens (primary N) is 1. The highest BCUT2D eigenvalue weighted by atomic mass is 14.7. The van der Waals surface area contributed by atoms with E-state index in [4.69, 9.17) is 5.73 Å². The summed E-state index contributed by atoms with van der Waals surface area (Å²) in [6, 6.07) is 2.20. The maximum Gasteiger partial charge on any atom is 0.0367 e. The van der Waals surface area contributed by atoms with Crippen molar-refractivity contribution in [3.8, 4) is 0 Å². The van der Waals surface area contributed by atoms with Crippen LogP contribution < -0.4 is 5.73 Å². The molecule has 2 N–H and O–H groups in total. The van der Waals surface area contributed by atoms with Gasteiger partial charge in [-0.2, -0.15) is 0 Å². The van der Waals surface area contributed by atoms with E-state index in [0.717, 1.165) is 0 Å². The second-order valence-corrected chi connectivity index (χ2v) is 4.36. The van der Waals surface area contributed by atoms with Crippen LogP contribution in [0.5, 0.6) is 0 Å². The van der Waals surface area contributed by atoms with Crippen LogP contribution in [-0.2, 0) is 0 Å². The highest BCUT2D eigenvalue weighted by molar-refractivity contribution is 5.28. The minimum atomic E-state index is 0.168. The van der Waals surface area contributed by atoms with Crippen LogP contribution in [0.2, 0.25) is 0 Å². The highest BCUT2D eigenvalue weighted by Crippen LogP contribution is 2.53. The van der Waals surface area contributed by atoms with E-state index < -0.39 is 0 Å². The van der Waals surface area contributed by atoms with Gasteiger partial charge < -0.3 is 5.73 Å². The Morgan fingerprint density at radius 2 is 2.23 bits per heavy atom. The van der Waals surface area contributed by atoms with Crippen LogP contribution in [0.3, 0.4) is 0 Å². The second-order valence-electron chi connectivity index (χ2n) is 4.36. The van der Waals surface area contributed by atoms with Gasteiger partial charge in [-0.3, -0.25) is 4.98 Å². The molecule has 1 aromatic rings. The molecule has 0 aliphatic heterocycles. The molecule has 1 unspecified atom stereocenters. The molecular weight excluding hydrogens is 160 g/mol.